The first-order chi connectivity index (χ1) is 7.99. The molecule has 0 saturated carbocycles. The summed E-state index contributed by atoms with van der Waals surface area (Å²) >= 11 is 0. The molecule has 0 amide bonds. The molecule has 6 nitrogen and oxygen atoms in total. The molecule has 0 unspecified atom stereocenters. The summed E-state index contributed by atoms with van der Waals surface area (Å²) in [7, 11) is -3.49. The van der Waals surface area contributed by atoms with E-state index in [0.717, 1.165) is 18.5 Å². The van der Waals surface area contributed by atoms with Gasteiger partial charge in [0, 0.05) is 24.8 Å². The highest BCUT2D eigenvalue weighted by Crippen LogP contribution is 2.10. The van der Waals surface area contributed by atoms with Crippen molar-refractivity contribution in [3.8, 4) is 0 Å². The molecular formula is C10H20N4O2S. The summed E-state index contributed by atoms with van der Waals surface area (Å²) in [5, 5.41) is 6.56. The number of rotatable bonds is 7. The van der Waals surface area contributed by atoms with E-state index >= 15 is 0 Å². The van der Waals surface area contributed by atoms with Crippen molar-refractivity contribution < 1.29 is 8.42 Å². The quantitative estimate of drug-likeness (QED) is 0.779. The van der Waals surface area contributed by atoms with Crippen molar-refractivity contribution in [2.75, 3.05) is 17.8 Å². The van der Waals surface area contributed by atoms with Crippen LogP contribution in [0.5, 0.6) is 0 Å². The van der Waals surface area contributed by atoms with Crippen molar-refractivity contribution >= 4 is 16.0 Å². The number of hydrogen-bond donors (Lipinski definition) is 2. The molecule has 0 aliphatic carbocycles. The molecule has 7 heteroatoms. The zero-order valence-electron chi connectivity index (χ0n) is 10.5. The summed E-state index contributed by atoms with van der Waals surface area (Å²) in [6, 6.07) is 1.66. The highest BCUT2D eigenvalue weighted by Gasteiger charge is 2.20. The Kier molecular flexibility index (Phi) is 4.95. The van der Waals surface area contributed by atoms with Crippen LogP contribution in [-0.4, -0.2) is 36.0 Å². The van der Waals surface area contributed by atoms with Crippen LogP contribution in [0.4, 0.5) is 5.82 Å². The molecule has 0 aliphatic heterocycles. The van der Waals surface area contributed by atoms with Crippen molar-refractivity contribution in [1.29, 1.82) is 0 Å². The molecule has 0 saturated heterocycles. The molecule has 0 fully saturated rings. The zero-order valence-corrected chi connectivity index (χ0v) is 11.3. The van der Waals surface area contributed by atoms with Gasteiger partial charge in [0.25, 0.3) is 0 Å². The lowest BCUT2D eigenvalue weighted by Gasteiger charge is -2.20. The van der Waals surface area contributed by atoms with Crippen molar-refractivity contribution in [3.63, 3.8) is 0 Å². The van der Waals surface area contributed by atoms with Gasteiger partial charge in [0.1, 0.15) is 0 Å². The van der Waals surface area contributed by atoms with Gasteiger partial charge in [-0.25, -0.2) is 0 Å². The molecule has 0 aromatic carbocycles. The number of aryl methyl sites for hydroxylation is 1. The summed E-state index contributed by atoms with van der Waals surface area (Å²) in [6.07, 6.45) is 1.58. The highest BCUT2D eigenvalue weighted by atomic mass is 32.2. The van der Waals surface area contributed by atoms with Crippen LogP contribution in [-0.2, 0) is 10.2 Å². The maximum Gasteiger partial charge on any atom is 0.302 e. The summed E-state index contributed by atoms with van der Waals surface area (Å²) in [6.45, 7) is 6.77. The number of nitrogens with zero attached hydrogens (tertiary/aromatic N) is 2. The predicted molar refractivity (Wildman–Crippen MR) is 68.0 cm³/mol. The lowest BCUT2D eigenvalue weighted by Crippen LogP contribution is -2.37. The van der Waals surface area contributed by atoms with Crippen LogP contribution in [0, 0.1) is 6.92 Å². The van der Waals surface area contributed by atoms with E-state index in [0.29, 0.717) is 18.9 Å². The fourth-order valence-corrected chi connectivity index (χ4v) is 2.86. The molecule has 2 N–H and O–H groups in total. The standard InChI is InChI=1S/C10H20N4O2S/c1-4-6-14(7-5-2)17(15,16)13-10-8-9(3)11-12-10/h8H,4-7H2,1-3H3,(H2,11,12,13). The average molecular weight is 260 g/mol. The summed E-state index contributed by atoms with van der Waals surface area (Å²) in [5.74, 6) is 0.333. The average Bonchev–Trinajstić information content (AvgIpc) is 2.63. The zero-order chi connectivity index (χ0) is 12.9. The minimum atomic E-state index is -3.49. The van der Waals surface area contributed by atoms with Crippen molar-refractivity contribution in [2.24, 2.45) is 0 Å². The van der Waals surface area contributed by atoms with Gasteiger partial charge in [-0.2, -0.15) is 17.8 Å². The van der Waals surface area contributed by atoms with Gasteiger partial charge in [-0.1, -0.05) is 13.8 Å². The number of aromatic amines is 1. The van der Waals surface area contributed by atoms with Crippen molar-refractivity contribution in [1.82, 2.24) is 14.5 Å². The second kappa shape index (κ2) is 6.02. The van der Waals surface area contributed by atoms with Gasteiger partial charge in [0.2, 0.25) is 0 Å². The summed E-state index contributed by atoms with van der Waals surface area (Å²) in [5.41, 5.74) is 0.820. The van der Waals surface area contributed by atoms with E-state index in [1.165, 1.54) is 4.31 Å². The Morgan fingerprint density at radius 1 is 1.35 bits per heavy atom. The first-order valence-corrected chi connectivity index (χ1v) is 7.23. The monoisotopic (exact) mass is 260 g/mol. The Bertz CT molecular complexity index is 435. The topological polar surface area (TPSA) is 78.1 Å². The largest absolute Gasteiger partial charge is 0.302 e. The van der Waals surface area contributed by atoms with E-state index in [1.807, 2.05) is 20.8 Å². The van der Waals surface area contributed by atoms with E-state index in [4.69, 9.17) is 0 Å². The van der Waals surface area contributed by atoms with Crippen LogP contribution in [0.3, 0.4) is 0 Å². The summed E-state index contributed by atoms with van der Waals surface area (Å²) in [4.78, 5) is 0. The Morgan fingerprint density at radius 2 is 1.94 bits per heavy atom. The third kappa shape index (κ3) is 4.01. The Morgan fingerprint density at radius 3 is 2.35 bits per heavy atom. The van der Waals surface area contributed by atoms with Crippen LogP contribution >= 0.6 is 0 Å². The van der Waals surface area contributed by atoms with Gasteiger partial charge in [-0.05, 0) is 19.8 Å². The predicted octanol–water partition coefficient (Wildman–Crippen LogP) is 1.50. The molecule has 0 spiro atoms. The van der Waals surface area contributed by atoms with Gasteiger partial charge >= 0.3 is 10.2 Å². The first kappa shape index (κ1) is 14.0. The van der Waals surface area contributed by atoms with E-state index in [-0.39, 0.29) is 0 Å². The fourth-order valence-electron chi connectivity index (χ4n) is 1.52. The van der Waals surface area contributed by atoms with Gasteiger partial charge in [-0.3, -0.25) is 9.82 Å². The van der Waals surface area contributed by atoms with E-state index in [2.05, 4.69) is 14.9 Å². The molecule has 98 valence electrons. The Balaban J connectivity index is 2.77. The highest BCUT2D eigenvalue weighted by molar-refractivity contribution is 7.90. The van der Waals surface area contributed by atoms with Crippen LogP contribution in [0.25, 0.3) is 0 Å². The van der Waals surface area contributed by atoms with E-state index < -0.39 is 10.2 Å². The van der Waals surface area contributed by atoms with Gasteiger partial charge in [-0.15, -0.1) is 0 Å². The molecular weight excluding hydrogens is 240 g/mol. The molecule has 1 rings (SSSR count). The SMILES string of the molecule is CCCN(CCC)S(=O)(=O)Nc1cc(C)[nH]n1. The normalized spacial score (nSPS) is 12.0. The number of H-pyrrole nitrogens is 1. The van der Waals surface area contributed by atoms with Crippen LogP contribution < -0.4 is 4.72 Å². The Hall–Kier alpha value is -1.08. The molecule has 1 aromatic heterocycles. The molecule has 17 heavy (non-hydrogen) atoms. The van der Waals surface area contributed by atoms with E-state index in [9.17, 15) is 8.42 Å². The molecule has 1 aromatic rings. The minimum Gasteiger partial charge on any atom is -0.281 e. The minimum absolute atomic E-state index is 0.333. The molecule has 0 atom stereocenters. The maximum atomic E-state index is 12.1. The number of hydrogen-bond acceptors (Lipinski definition) is 3. The second-order valence-electron chi connectivity index (χ2n) is 3.94. The third-order valence-corrected chi connectivity index (χ3v) is 3.74. The molecule has 0 bridgehead atoms. The molecule has 0 radical (unpaired) electrons. The fraction of sp³-hybridized carbons (Fsp3) is 0.700. The van der Waals surface area contributed by atoms with Crippen molar-refractivity contribution in [3.05, 3.63) is 11.8 Å². The van der Waals surface area contributed by atoms with E-state index in [1.54, 1.807) is 6.07 Å². The molecule has 1 heterocycles. The first-order valence-electron chi connectivity index (χ1n) is 5.79. The van der Waals surface area contributed by atoms with Crippen LogP contribution in [0.1, 0.15) is 32.4 Å². The van der Waals surface area contributed by atoms with Crippen molar-refractivity contribution in [2.45, 2.75) is 33.6 Å². The van der Waals surface area contributed by atoms with Crippen LogP contribution in [0.15, 0.2) is 6.07 Å². The molecule has 0 aliphatic rings. The lowest BCUT2D eigenvalue weighted by atomic mass is 10.4. The van der Waals surface area contributed by atoms with Gasteiger partial charge in [0.05, 0.1) is 0 Å². The number of aromatic nitrogens is 2. The third-order valence-electron chi connectivity index (χ3n) is 2.23. The summed E-state index contributed by atoms with van der Waals surface area (Å²) < 4.78 is 28.0. The van der Waals surface area contributed by atoms with Gasteiger partial charge in [0.15, 0.2) is 5.82 Å². The Labute approximate surface area is 103 Å². The second-order valence-corrected chi connectivity index (χ2v) is 5.61. The maximum absolute atomic E-state index is 12.1. The lowest BCUT2D eigenvalue weighted by molar-refractivity contribution is 0.413. The van der Waals surface area contributed by atoms with Gasteiger partial charge < -0.3 is 0 Å². The number of nitrogens with one attached hydrogen (secondary N) is 2. The smallest absolute Gasteiger partial charge is 0.281 e. The number of anilines is 1. The van der Waals surface area contributed by atoms with Crippen LogP contribution in [0.2, 0.25) is 0 Å².